The highest BCUT2D eigenvalue weighted by molar-refractivity contribution is 6.10. The van der Waals surface area contributed by atoms with Gasteiger partial charge in [0.15, 0.2) is 0 Å². The van der Waals surface area contributed by atoms with Crippen LogP contribution in [0, 0.1) is 0 Å². The van der Waals surface area contributed by atoms with E-state index in [-0.39, 0.29) is 23.6 Å². The Morgan fingerprint density at radius 1 is 1.21 bits per heavy atom. The molecule has 0 saturated heterocycles. The van der Waals surface area contributed by atoms with Crippen LogP contribution in [0.2, 0.25) is 0 Å². The molecule has 24 heavy (non-hydrogen) atoms. The van der Waals surface area contributed by atoms with Gasteiger partial charge in [-0.2, -0.15) is 5.10 Å². The molecular formula is C16H19N3O5. The first kappa shape index (κ1) is 17.3. The normalized spacial score (nSPS) is 10.2. The van der Waals surface area contributed by atoms with Crippen molar-refractivity contribution in [3.63, 3.8) is 0 Å². The number of anilines is 1. The van der Waals surface area contributed by atoms with Gasteiger partial charge in [0, 0.05) is 7.05 Å². The minimum absolute atomic E-state index is 0.168. The third-order valence-corrected chi connectivity index (χ3v) is 3.32. The Balaban J connectivity index is 2.38. The molecule has 0 unspecified atom stereocenters. The predicted octanol–water partition coefficient (Wildman–Crippen LogP) is 1.87. The minimum atomic E-state index is -0.562. The van der Waals surface area contributed by atoms with E-state index >= 15 is 0 Å². The standard InChI is InChI=1S/C16H19N3O5/c1-5-24-16(21)10-9-17-19(2)14(10)18-15(20)13-11(22-3)7-6-8-12(13)23-4/h6-9H,5H2,1-4H3,(H,18,20). The van der Waals surface area contributed by atoms with Crippen LogP contribution < -0.4 is 14.8 Å². The summed E-state index contributed by atoms with van der Waals surface area (Å²) in [6, 6.07) is 5.00. The van der Waals surface area contributed by atoms with Crippen LogP contribution in [0.1, 0.15) is 27.6 Å². The Labute approximate surface area is 139 Å². The summed E-state index contributed by atoms with van der Waals surface area (Å²) >= 11 is 0. The lowest BCUT2D eigenvalue weighted by Crippen LogP contribution is -2.19. The van der Waals surface area contributed by atoms with Crippen LogP contribution in [-0.2, 0) is 11.8 Å². The van der Waals surface area contributed by atoms with Crippen LogP contribution in [0.25, 0.3) is 0 Å². The van der Waals surface area contributed by atoms with Gasteiger partial charge in [0.2, 0.25) is 0 Å². The van der Waals surface area contributed by atoms with Crippen LogP contribution >= 0.6 is 0 Å². The number of aryl methyl sites for hydroxylation is 1. The molecule has 8 heteroatoms. The average Bonchev–Trinajstić information content (AvgIpc) is 2.95. The van der Waals surface area contributed by atoms with E-state index in [9.17, 15) is 9.59 Å². The van der Waals surface area contributed by atoms with Crippen LogP contribution in [0.4, 0.5) is 5.82 Å². The van der Waals surface area contributed by atoms with Crippen LogP contribution in [-0.4, -0.2) is 42.5 Å². The molecule has 1 N–H and O–H groups in total. The van der Waals surface area contributed by atoms with Gasteiger partial charge in [-0.25, -0.2) is 4.79 Å². The lowest BCUT2D eigenvalue weighted by Gasteiger charge is -2.13. The molecule has 1 aromatic heterocycles. The summed E-state index contributed by atoms with van der Waals surface area (Å²) in [4.78, 5) is 24.7. The number of rotatable bonds is 6. The van der Waals surface area contributed by atoms with Crippen LogP contribution in [0.3, 0.4) is 0 Å². The number of ether oxygens (including phenoxy) is 3. The van der Waals surface area contributed by atoms with Gasteiger partial charge in [-0.3, -0.25) is 9.48 Å². The zero-order chi connectivity index (χ0) is 17.7. The summed E-state index contributed by atoms with van der Waals surface area (Å²) < 4.78 is 16.8. The molecule has 0 aliphatic carbocycles. The van der Waals surface area contributed by atoms with Crippen molar-refractivity contribution in [2.24, 2.45) is 7.05 Å². The van der Waals surface area contributed by atoms with Crippen molar-refractivity contribution >= 4 is 17.7 Å². The number of nitrogens with one attached hydrogen (secondary N) is 1. The molecule has 0 bridgehead atoms. The highest BCUT2D eigenvalue weighted by atomic mass is 16.5. The van der Waals surface area contributed by atoms with Crippen molar-refractivity contribution in [2.45, 2.75) is 6.92 Å². The highest BCUT2D eigenvalue weighted by Crippen LogP contribution is 2.29. The van der Waals surface area contributed by atoms with Gasteiger partial charge in [-0.1, -0.05) is 6.07 Å². The second-order valence-electron chi connectivity index (χ2n) is 4.74. The number of benzene rings is 1. The molecule has 8 nitrogen and oxygen atoms in total. The number of methoxy groups -OCH3 is 2. The van der Waals surface area contributed by atoms with Crippen molar-refractivity contribution in [2.75, 3.05) is 26.1 Å². The van der Waals surface area contributed by atoms with E-state index in [1.807, 2.05) is 0 Å². The molecule has 128 valence electrons. The van der Waals surface area contributed by atoms with Crippen molar-refractivity contribution in [1.29, 1.82) is 0 Å². The quantitative estimate of drug-likeness (QED) is 0.811. The van der Waals surface area contributed by atoms with Gasteiger partial charge in [0.05, 0.1) is 27.0 Å². The van der Waals surface area contributed by atoms with Crippen LogP contribution in [0.5, 0.6) is 11.5 Å². The maximum atomic E-state index is 12.7. The predicted molar refractivity (Wildman–Crippen MR) is 86.7 cm³/mol. The maximum absolute atomic E-state index is 12.7. The first-order valence-electron chi connectivity index (χ1n) is 7.24. The topological polar surface area (TPSA) is 91.7 Å². The molecule has 0 aliphatic rings. The summed E-state index contributed by atoms with van der Waals surface area (Å²) in [6.45, 7) is 1.92. The fourth-order valence-corrected chi connectivity index (χ4v) is 2.19. The maximum Gasteiger partial charge on any atom is 0.343 e. The van der Waals surface area contributed by atoms with Crippen LogP contribution in [0.15, 0.2) is 24.4 Å². The second-order valence-corrected chi connectivity index (χ2v) is 4.74. The van der Waals surface area contributed by atoms with E-state index in [2.05, 4.69) is 10.4 Å². The van der Waals surface area contributed by atoms with E-state index in [4.69, 9.17) is 14.2 Å². The van der Waals surface area contributed by atoms with E-state index in [0.717, 1.165) is 0 Å². The number of carbonyl (C=O) groups excluding carboxylic acids is 2. The van der Waals surface area contributed by atoms with Gasteiger partial charge in [0.25, 0.3) is 5.91 Å². The fourth-order valence-electron chi connectivity index (χ4n) is 2.19. The summed E-state index contributed by atoms with van der Waals surface area (Å²) in [5, 5.41) is 6.65. The summed E-state index contributed by atoms with van der Waals surface area (Å²) in [5.41, 5.74) is 0.389. The summed E-state index contributed by atoms with van der Waals surface area (Å²) in [7, 11) is 4.52. The third kappa shape index (κ3) is 3.32. The Kier molecular flexibility index (Phi) is 5.41. The number of esters is 1. The average molecular weight is 333 g/mol. The molecule has 0 radical (unpaired) electrons. The molecule has 0 aliphatic heterocycles. The Hall–Kier alpha value is -3.03. The van der Waals surface area contributed by atoms with Crippen molar-refractivity contribution in [3.05, 3.63) is 35.5 Å². The van der Waals surface area contributed by atoms with Gasteiger partial charge < -0.3 is 19.5 Å². The fraction of sp³-hybridized carbons (Fsp3) is 0.312. The molecule has 1 aromatic carbocycles. The van der Waals surface area contributed by atoms with E-state index < -0.39 is 11.9 Å². The van der Waals surface area contributed by atoms with Gasteiger partial charge >= 0.3 is 5.97 Å². The smallest absolute Gasteiger partial charge is 0.343 e. The molecule has 0 spiro atoms. The first-order chi connectivity index (χ1) is 11.5. The Bertz CT molecular complexity index is 732. The number of hydrogen-bond donors (Lipinski definition) is 1. The zero-order valence-electron chi connectivity index (χ0n) is 14.0. The van der Waals surface area contributed by atoms with E-state index in [1.54, 1.807) is 32.2 Å². The number of nitrogens with zero attached hydrogens (tertiary/aromatic N) is 2. The largest absolute Gasteiger partial charge is 0.496 e. The molecule has 1 heterocycles. The van der Waals surface area contributed by atoms with Crippen molar-refractivity contribution in [1.82, 2.24) is 9.78 Å². The number of carbonyl (C=O) groups is 2. The second kappa shape index (κ2) is 7.49. The molecule has 0 atom stereocenters. The lowest BCUT2D eigenvalue weighted by atomic mass is 10.1. The lowest BCUT2D eigenvalue weighted by molar-refractivity contribution is 0.0527. The molecule has 2 aromatic rings. The van der Waals surface area contributed by atoms with Crippen molar-refractivity contribution < 1.29 is 23.8 Å². The van der Waals surface area contributed by atoms with Gasteiger partial charge in [0.1, 0.15) is 28.4 Å². The molecule has 1 amide bonds. The first-order valence-corrected chi connectivity index (χ1v) is 7.24. The summed E-state index contributed by atoms with van der Waals surface area (Å²) in [6.07, 6.45) is 1.34. The molecule has 0 fully saturated rings. The molecule has 0 saturated carbocycles. The van der Waals surface area contributed by atoms with Crippen molar-refractivity contribution in [3.8, 4) is 11.5 Å². The van der Waals surface area contributed by atoms with E-state index in [1.165, 1.54) is 25.1 Å². The van der Waals surface area contributed by atoms with E-state index in [0.29, 0.717) is 11.5 Å². The van der Waals surface area contributed by atoms with Gasteiger partial charge in [-0.15, -0.1) is 0 Å². The number of aromatic nitrogens is 2. The third-order valence-electron chi connectivity index (χ3n) is 3.32. The van der Waals surface area contributed by atoms with Gasteiger partial charge in [-0.05, 0) is 19.1 Å². The minimum Gasteiger partial charge on any atom is -0.496 e. The Morgan fingerprint density at radius 2 is 1.83 bits per heavy atom. The molecular weight excluding hydrogens is 314 g/mol. The molecule has 2 rings (SSSR count). The highest BCUT2D eigenvalue weighted by Gasteiger charge is 2.23. The number of amides is 1. The number of hydrogen-bond acceptors (Lipinski definition) is 6. The monoisotopic (exact) mass is 333 g/mol. The summed E-state index contributed by atoms with van der Waals surface area (Å²) in [5.74, 6) is -0.115. The zero-order valence-corrected chi connectivity index (χ0v) is 14.0. The SMILES string of the molecule is CCOC(=O)c1cnn(C)c1NC(=O)c1c(OC)cccc1OC. The Morgan fingerprint density at radius 3 is 2.38 bits per heavy atom.